The van der Waals surface area contributed by atoms with Gasteiger partial charge in [0.1, 0.15) is 19.0 Å². The first kappa shape index (κ1) is 44.6. The first-order valence-electron chi connectivity index (χ1n) is 16.8. The number of ether oxygens (including phenoxy) is 13. The molecular weight excluding hydrogens is 646 g/mol. The minimum atomic E-state index is -0.415. The third-order valence-corrected chi connectivity index (χ3v) is 5.91. The smallest absolute Gasteiger partial charge is 0.333 e. The fourth-order valence-corrected chi connectivity index (χ4v) is 3.40. The van der Waals surface area contributed by atoms with E-state index in [4.69, 9.17) is 67.3 Å². The van der Waals surface area contributed by atoms with E-state index in [0.717, 1.165) is 5.75 Å². The number of rotatable bonds is 38. The van der Waals surface area contributed by atoms with E-state index in [0.29, 0.717) is 163 Å². The molecule has 0 aromatic heterocycles. The van der Waals surface area contributed by atoms with Crippen LogP contribution in [0, 0.1) is 0 Å². The summed E-state index contributed by atoms with van der Waals surface area (Å²) in [7, 11) is 0. The number of carbonyl (C=O) groups excluding carboxylic acids is 1. The molecule has 2 N–H and O–H groups in total. The minimum Gasteiger partial charge on any atom is -0.491 e. The third-order valence-electron chi connectivity index (χ3n) is 5.91. The van der Waals surface area contributed by atoms with Gasteiger partial charge in [0.25, 0.3) is 0 Å². The Morgan fingerprint density at radius 2 is 0.694 bits per heavy atom. The van der Waals surface area contributed by atoms with Crippen LogP contribution in [0.15, 0.2) is 36.4 Å². The van der Waals surface area contributed by atoms with Crippen LogP contribution >= 0.6 is 0 Å². The maximum Gasteiger partial charge on any atom is 0.333 e. The Kier molecular flexibility index (Phi) is 32.2. The number of nitrogens with two attached hydrogens (primary N) is 1. The van der Waals surface area contributed by atoms with Crippen molar-refractivity contribution < 1.29 is 66.4 Å². The molecule has 0 aliphatic rings. The lowest BCUT2D eigenvalue weighted by atomic mass is 10.3. The molecule has 0 atom stereocenters. The van der Waals surface area contributed by atoms with E-state index in [1.165, 1.54) is 0 Å². The first-order chi connectivity index (χ1) is 24.1. The summed E-state index contributed by atoms with van der Waals surface area (Å²) >= 11 is 0. The molecule has 0 saturated heterocycles. The van der Waals surface area contributed by atoms with E-state index < -0.39 is 5.97 Å². The SMILES string of the molecule is C=C(C)C(=O)OCCOCCOCCOCCOCCOCCOCCOCCOCCOCCOCCOCCOc1ccc(N)cc1. The minimum absolute atomic E-state index is 0.196. The number of benzene rings is 1. The lowest BCUT2D eigenvalue weighted by Crippen LogP contribution is -2.16. The highest BCUT2D eigenvalue weighted by Crippen LogP contribution is 2.12. The van der Waals surface area contributed by atoms with Crippen molar-refractivity contribution in [3.05, 3.63) is 36.4 Å². The molecule has 15 nitrogen and oxygen atoms in total. The molecule has 0 saturated carbocycles. The largest absolute Gasteiger partial charge is 0.491 e. The van der Waals surface area contributed by atoms with Crippen LogP contribution in [0.1, 0.15) is 6.92 Å². The lowest BCUT2D eigenvalue weighted by Gasteiger charge is -2.09. The van der Waals surface area contributed by atoms with Crippen molar-refractivity contribution in [2.45, 2.75) is 6.92 Å². The average molecular weight is 706 g/mol. The predicted molar refractivity (Wildman–Crippen MR) is 181 cm³/mol. The number of esters is 1. The summed E-state index contributed by atoms with van der Waals surface area (Å²) in [6.07, 6.45) is 0. The topological polar surface area (TPSA) is 163 Å². The Morgan fingerprint density at radius 1 is 0.449 bits per heavy atom. The average Bonchev–Trinajstić information content (AvgIpc) is 3.10. The highest BCUT2D eigenvalue weighted by Gasteiger charge is 2.02. The van der Waals surface area contributed by atoms with E-state index in [1.54, 1.807) is 19.1 Å². The van der Waals surface area contributed by atoms with Crippen LogP contribution in [0.2, 0.25) is 0 Å². The number of hydrogen-bond donors (Lipinski definition) is 1. The van der Waals surface area contributed by atoms with Gasteiger partial charge in [-0.05, 0) is 31.2 Å². The van der Waals surface area contributed by atoms with Crippen LogP contribution in [-0.4, -0.2) is 165 Å². The van der Waals surface area contributed by atoms with Gasteiger partial charge in [-0.2, -0.15) is 0 Å². The Bertz CT molecular complexity index is 877. The van der Waals surface area contributed by atoms with E-state index in [2.05, 4.69) is 6.58 Å². The fraction of sp³-hybridized carbons (Fsp3) is 0.735. The Labute approximate surface area is 291 Å². The van der Waals surface area contributed by atoms with Crippen LogP contribution in [0.3, 0.4) is 0 Å². The zero-order chi connectivity index (χ0) is 35.3. The van der Waals surface area contributed by atoms with E-state index in [9.17, 15) is 4.79 Å². The standard InChI is InChI=1S/C34H59NO14/c1-31(2)34(36)49-30-28-47-26-24-45-22-20-43-18-16-41-14-12-39-10-8-37-7-9-38-11-13-40-15-17-42-19-21-44-23-25-46-27-29-48-33-5-3-32(35)4-6-33/h3-6H,1,7-30,35H2,2H3. The van der Waals surface area contributed by atoms with Gasteiger partial charge in [0, 0.05) is 11.3 Å². The van der Waals surface area contributed by atoms with Gasteiger partial charge in [0.15, 0.2) is 0 Å². The quantitative estimate of drug-likeness (QED) is 0.0459. The highest BCUT2D eigenvalue weighted by molar-refractivity contribution is 5.86. The van der Waals surface area contributed by atoms with Crippen LogP contribution in [-0.2, 0) is 61.6 Å². The number of nitrogen functional groups attached to an aromatic ring is 1. The van der Waals surface area contributed by atoms with Crippen molar-refractivity contribution >= 4 is 11.7 Å². The summed E-state index contributed by atoms with van der Waals surface area (Å²) < 4.78 is 70.4. The molecule has 0 aliphatic carbocycles. The second-order valence-corrected chi connectivity index (χ2v) is 10.1. The van der Waals surface area contributed by atoms with Gasteiger partial charge in [-0.25, -0.2) is 4.79 Å². The lowest BCUT2D eigenvalue weighted by molar-refractivity contribution is -0.140. The molecule has 0 bridgehead atoms. The summed E-state index contributed by atoms with van der Waals surface area (Å²) in [6.45, 7) is 16.3. The molecule has 0 fully saturated rings. The van der Waals surface area contributed by atoms with Crippen molar-refractivity contribution in [2.75, 3.05) is 164 Å². The monoisotopic (exact) mass is 705 g/mol. The summed E-state index contributed by atoms with van der Waals surface area (Å²) in [5.74, 6) is 0.353. The fourth-order valence-electron chi connectivity index (χ4n) is 3.40. The third kappa shape index (κ3) is 32.5. The Morgan fingerprint density at radius 3 is 0.959 bits per heavy atom. The van der Waals surface area contributed by atoms with Gasteiger partial charge < -0.3 is 67.3 Å². The second kappa shape index (κ2) is 35.4. The van der Waals surface area contributed by atoms with Crippen molar-refractivity contribution in [3.63, 3.8) is 0 Å². The van der Waals surface area contributed by atoms with Gasteiger partial charge in [0.05, 0.1) is 145 Å². The van der Waals surface area contributed by atoms with E-state index >= 15 is 0 Å². The molecule has 0 heterocycles. The van der Waals surface area contributed by atoms with Gasteiger partial charge in [-0.1, -0.05) is 6.58 Å². The normalized spacial score (nSPS) is 11.2. The van der Waals surface area contributed by atoms with Gasteiger partial charge in [-0.3, -0.25) is 0 Å². The molecule has 284 valence electrons. The van der Waals surface area contributed by atoms with Crippen LogP contribution < -0.4 is 10.5 Å². The van der Waals surface area contributed by atoms with E-state index in [-0.39, 0.29) is 6.61 Å². The molecule has 15 heteroatoms. The van der Waals surface area contributed by atoms with Crippen LogP contribution in [0.4, 0.5) is 5.69 Å². The van der Waals surface area contributed by atoms with Gasteiger partial charge in [-0.15, -0.1) is 0 Å². The summed E-state index contributed by atoms with van der Waals surface area (Å²) in [5, 5.41) is 0. The Hall–Kier alpha value is -2.41. The maximum atomic E-state index is 11.2. The van der Waals surface area contributed by atoms with Crippen molar-refractivity contribution in [1.29, 1.82) is 0 Å². The molecule has 0 radical (unpaired) electrons. The molecule has 0 aliphatic heterocycles. The van der Waals surface area contributed by atoms with Crippen molar-refractivity contribution in [1.82, 2.24) is 0 Å². The van der Waals surface area contributed by atoms with Crippen LogP contribution in [0.5, 0.6) is 5.75 Å². The number of hydrogen-bond acceptors (Lipinski definition) is 15. The van der Waals surface area contributed by atoms with Gasteiger partial charge in [0.2, 0.25) is 0 Å². The summed E-state index contributed by atoms with van der Waals surface area (Å²) in [4.78, 5) is 11.2. The second-order valence-electron chi connectivity index (χ2n) is 10.1. The molecule has 0 amide bonds. The predicted octanol–water partition coefficient (Wildman–Crippen LogP) is 1.95. The van der Waals surface area contributed by atoms with E-state index in [1.807, 2.05) is 12.1 Å². The maximum absolute atomic E-state index is 11.2. The molecule has 1 rings (SSSR count). The zero-order valence-corrected chi connectivity index (χ0v) is 29.3. The summed E-state index contributed by atoms with van der Waals surface area (Å²) in [6, 6.07) is 7.25. The number of carbonyl (C=O) groups is 1. The molecule has 0 unspecified atom stereocenters. The summed E-state index contributed by atoms with van der Waals surface area (Å²) in [5.41, 5.74) is 6.71. The molecule has 1 aromatic carbocycles. The molecule has 0 spiro atoms. The van der Waals surface area contributed by atoms with Crippen molar-refractivity contribution in [2.24, 2.45) is 0 Å². The number of anilines is 1. The molecule has 1 aromatic rings. The Balaban J connectivity index is 1.63. The molecule has 49 heavy (non-hydrogen) atoms. The molecular formula is C34H59NO14. The van der Waals surface area contributed by atoms with Crippen molar-refractivity contribution in [3.8, 4) is 5.75 Å². The first-order valence-corrected chi connectivity index (χ1v) is 16.8. The zero-order valence-electron chi connectivity index (χ0n) is 29.3. The highest BCUT2D eigenvalue weighted by atomic mass is 16.6. The van der Waals surface area contributed by atoms with Gasteiger partial charge >= 0.3 is 5.97 Å². The van der Waals surface area contributed by atoms with Crippen LogP contribution in [0.25, 0.3) is 0 Å².